The van der Waals surface area contributed by atoms with Crippen molar-refractivity contribution in [2.45, 2.75) is 17.8 Å². The van der Waals surface area contributed by atoms with Crippen molar-refractivity contribution in [2.75, 3.05) is 5.73 Å². The minimum atomic E-state index is -0.382. The lowest BCUT2D eigenvalue weighted by Gasteiger charge is -2.02. The number of hydrogen-bond donors (Lipinski definition) is 1. The Morgan fingerprint density at radius 2 is 2.00 bits per heavy atom. The lowest BCUT2D eigenvalue weighted by molar-refractivity contribution is 0.631. The molecule has 3 nitrogen and oxygen atoms in total. The number of aromatic nitrogens is 2. The van der Waals surface area contributed by atoms with E-state index in [9.17, 15) is 4.39 Å². The van der Waals surface area contributed by atoms with Gasteiger partial charge in [-0.3, -0.25) is 0 Å². The highest BCUT2D eigenvalue weighted by Gasteiger charge is 2.02. The van der Waals surface area contributed by atoms with Crippen LogP contribution in [0.2, 0.25) is 0 Å². The molecule has 2 rings (SSSR count). The van der Waals surface area contributed by atoms with Gasteiger partial charge in [0.05, 0.1) is 5.69 Å². The summed E-state index contributed by atoms with van der Waals surface area (Å²) in [6, 6.07) is 4.82. The van der Waals surface area contributed by atoms with Crippen molar-refractivity contribution < 1.29 is 4.39 Å². The number of thioether (sulfide) groups is 1. The minimum absolute atomic E-state index is 0.172. The second kappa shape index (κ2) is 5.14. The van der Waals surface area contributed by atoms with E-state index in [4.69, 9.17) is 5.73 Å². The zero-order chi connectivity index (χ0) is 12.3. The van der Waals surface area contributed by atoms with Gasteiger partial charge in [0.25, 0.3) is 0 Å². The number of nitrogen functional groups attached to an aromatic ring is 1. The van der Waals surface area contributed by atoms with Crippen molar-refractivity contribution in [1.82, 2.24) is 9.97 Å². The van der Waals surface area contributed by atoms with Crippen LogP contribution in [0.3, 0.4) is 0 Å². The minimum Gasteiger partial charge on any atom is -0.396 e. The predicted octanol–water partition coefficient (Wildman–Crippen LogP) is 2.80. The van der Waals surface area contributed by atoms with Gasteiger partial charge in [0, 0.05) is 18.1 Å². The van der Waals surface area contributed by atoms with Gasteiger partial charge in [0.2, 0.25) is 0 Å². The summed E-state index contributed by atoms with van der Waals surface area (Å²) >= 11 is 1.47. The summed E-state index contributed by atoms with van der Waals surface area (Å²) in [7, 11) is 0. The molecule has 1 aromatic heterocycles. The van der Waals surface area contributed by atoms with E-state index in [1.54, 1.807) is 24.5 Å². The van der Waals surface area contributed by atoms with E-state index in [0.717, 1.165) is 11.1 Å². The molecule has 0 spiro atoms. The molecule has 2 aromatic rings. The zero-order valence-corrected chi connectivity index (χ0v) is 10.2. The highest BCUT2D eigenvalue weighted by Crippen LogP contribution is 2.21. The van der Waals surface area contributed by atoms with Gasteiger partial charge in [-0.05, 0) is 30.2 Å². The Kier molecular flexibility index (Phi) is 3.58. The van der Waals surface area contributed by atoms with E-state index < -0.39 is 0 Å². The molecule has 17 heavy (non-hydrogen) atoms. The highest BCUT2D eigenvalue weighted by molar-refractivity contribution is 7.98. The van der Waals surface area contributed by atoms with E-state index in [0.29, 0.717) is 10.9 Å². The second-order valence-electron chi connectivity index (χ2n) is 3.69. The fourth-order valence-corrected chi connectivity index (χ4v) is 1.99. The van der Waals surface area contributed by atoms with Crippen LogP contribution in [-0.4, -0.2) is 9.97 Å². The first-order valence-corrected chi connectivity index (χ1v) is 6.09. The Balaban J connectivity index is 2.02. The topological polar surface area (TPSA) is 51.8 Å². The van der Waals surface area contributed by atoms with E-state index in [2.05, 4.69) is 9.97 Å². The molecule has 0 bridgehead atoms. The van der Waals surface area contributed by atoms with Crippen LogP contribution >= 0.6 is 11.8 Å². The molecule has 1 heterocycles. The van der Waals surface area contributed by atoms with Crippen molar-refractivity contribution in [2.24, 2.45) is 0 Å². The van der Waals surface area contributed by atoms with Crippen LogP contribution < -0.4 is 5.73 Å². The average Bonchev–Trinajstić information content (AvgIpc) is 2.33. The Labute approximate surface area is 103 Å². The summed E-state index contributed by atoms with van der Waals surface area (Å²) in [5, 5.41) is 0.688. The van der Waals surface area contributed by atoms with Crippen molar-refractivity contribution in [1.29, 1.82) is 0 Å². The quantitative estimate of drug-likeness (QED) is 0.516. The summed E-state index contributed by atoms with van der Waals surface area (Å²) in [5.41, 5.74) is 7.47. The monoisotopic (exact) mass is 249 g/mol. The highest BCUT2D eigenvalue weighted by atomic mass is 32.2. The van der Waals surface area contributed by atoms with Crippen molar-refractivity contribution in [3.05, 3.63) is 47.5 Å². The lowest BCUT2D eigenvalue weighted by atomic mass is 10.2. The number of rotatable bonds is 3. The number of anilines is 1. The molecule has 0 unspecified atom stereocenters. The van der Waals surface area contributed by atoms with Crippen LogP contribution in [-0.2, 0) is 5.75 Å². The normalized spacial score (nSPS) is 10.5. The fraction of sp³-hybridized carbons (Fsp3) is 0.167. The Bertz CT molecular complexity index is 514. The first-order chi connectivity index (χ1) is 8.15. The summed E-state index contributed by atoms with van der Waals surface area (Å²) in [6.07, 6.45) is 3.53. The number of hydrogen-bond acceptors (Lipinski definition) is 4. The molecule has 0 amide bonds. The second-order valence-corrected chi connectivity index (χ2v) is 4.63. The van der Waals surface area contributed by atoms with Gasteiger partial charge in [0.1, 0.15) is 5.82 Å². The van der Waals surface area contributed by atoms with Gasteiger partial charge in [-0.15, -0.1) is 0 Å². The molecule has 0 saturated heterocycles. The molecule has 0 radical (unpaired) electrons. The molecule has 0 aliphatic rings. The Morgan fingerprint density at radius 1 is 1.29 bits per heavy atom. The van der Waals surface area contributed by atoms with Crippen LogP contribution in [0.5, 0.6) is 0 Å². The maximum absolute atomic E-state index is 13.2. The third-order valence-corrected chi connectivity index (χ3v) is 3.14. The molecule has 1 aromatic carbocycles. The largest absolute Gasteiger partial charge is 0.396 e. The molecule has 2 N–H and O–H groups in total. The van der Waals surface area contributed by atoms with Crippen LogP contribution in [0.1, 0.15) is 11.1 Å². The smallest absolute Gasteiger partial charge is 0.187 e. The maximum atomic E-state index is 13.2. The summed E-state index contributed by atoms with van der Waals surface area (Å²) < 4.78 is 13.2. The maximum Gasteiger partial charge on any atom is 0.187 e. The van der Waals surface area contributed by atoms with Gasteiger partial charge in [-0.25, -0.2) is 14.4 Å². The molecular weight excluding hydrogens is 237 g/mol. The van der Waals surface area contributed by atoms with Crippen molar-refractivity contribution in [3.63, 3.8) is 0 Å². The van der Waals surface area contributed by atoms with E-state index in [1.165, 1.54) is 17.8 Å². The Morgan fingerprint density at radius 3 is 2.65 bits per heavy atom. The van der Waals surface area contributed by atoms with E-state index in [1.807, 2.05) is 6.92 Å². The van der Waals surface area contributed by atoms with Crippen LogP contribution in [0.4, 0.5) is 10.1 Å². The number of nitrogens with two attached hydrogens (primary N) is 1. The molecule has 0 fully saturated rings. The third kappa shape index (κ3) is 3.17. The summed E-state index contributed by atoms with van der Waals surface area (Å²) in [5.74, 6) is 0.244. The van der Waals surface area contributed by atoms with Crippen LogP contribution in [0.15, 0.2) is 35.7 Å². The number of halogens is 1. The number of benzene rings is 1. The third-order valence-electron chi connectivity index (χ3n) is 2.19. The molecule has 88 valence electrons. The average molecular weight is 249 g/mol. The Hall–Kier alpha value is -1.62. The first kappa shape index (κ1) is 11.9. The zero-order valence-electron chi connectivity index (χ0n) is 9.35. The predicted molar refractivity (Wildman–Crippen MR) is 67.1 cm³/mol. The molecule has 5 heteroatoms. The molecule has 0 saturated carbocycles. The van der Waals surface area contributed by atoms with E-state index >= 15 is 0 Å². The molecular formula is C12H12FN3S. The molecule has 0 atom stereocenters. The SMILES string of the molecule is Cc1cnc(SCc2ccc(N)c(F)c2)nc1. The van der Waals surface area contributed by atoms with Gasteiger partial charge in [-0.2, -0.15) is 0 Å². The van der Waals surface area contributed by atoms with Crippen molar-refractivity contribution >= 4 is 17.4 Å². The van der Waals surface area contributed by atoms with Gasteiger partial charge in [-0.1, -0.05) is 17.8 Å². The lowest BCUT2D eigenvalue weighted by Crippen LogP contribution is -1.92. The number of nitrogens with zero attached hydrogens (tertiary/aromatic N) is 2. The van der Waals surface area contributed by atoms with Gasteiger partial charge in [0.15, 0.2) is 5.16 Å². The number of aryl methyl sites for hydroxylation is 1. The van der Waals surface area contributed by atoms with Crippen LogP contribution in [0, 0.1) is 12.7 Å². The van der Waals surface area contributed by atoms with Crippen LogP contribution in [0.25, 0.3) is 0 Å². The summed E-state index contributed by atoms with van der Waals surface area (Å²) in [6.45, 7) is 1.93. The summed E-state index contributed by atoms with van der Waals surface area (Å²) in [4.78, 5) is 8.33. The molecule has 0 aliphatic heterocycles. The van der Waals surface area contributed by atoms with Gasteiger partial charge < -0.3 is 5.73 Å². The molecule has 0 aliphatic carbocycles. The first-order valence-electron chi connectivity index (χ1n) is 5.10. The fourth-order valence-electron chi connectivity index (χ4n) is 1.26. The standard InChI is InChI=1S/C12H12FN3S/c1-8-5-15-12(16-6-8)17-7-9-2-3-11(14)10(13)4-9/h2-6H,7,14H2,1H3. The van der Waals surface area contributed by atoms with Gasteiger partial charge >= 0.3 is 0 Å². The van der Waals surface area contributed by atoms with Crippen molar-refractivity contribution in [3.8, 4) is 0 Å². The van der Waals surface area contributed by atoms with E-state index in [-0.39, 0.29) is 11.5 Å².